The molecule has 0 bridgehead atoms. The summed E-state index contributed by atoms with van der Waals surface area (Å²) in [5.41, 5.74) is 1.11. The third-order valence-corrected chi connectivity index (χ3v) is 5.77. The molecule has 1 heterocycles. The summed E-state index contributed by atoms with van der Waals surface area (Å²) in [4.78, 5) is 16.0. The van der Waals surface area contributed by atoms with E-state index < -0.39 is 0 Å². The van der Waals surface area contributed by atoms with Gasteiger partial charge < -0.3 is 15.1 Å². The number of rotatable bonds is 4. The number of carbonyl (C=O) groups excluding carboxylic acids is 1. The lowest BCUT2D eigenvalue weighted by Gasteiger charge is -2.34. The fraction of sp³-hybridized carbons (Fsp3) is 0.632. The Hall–Kier alpha value is -1.26. The molecule has 0 aromatic heterocycles. The number of hydrogen-bond donors (Lipinski definition) is 2. The third-order valence-electron chi connectivity index (χ3n) is 5.46. The Kier molecular flexibility index (Phi) is 6.01. The minimum atomic E-state index is 0.218. The number of anilines is 1. The summed E-state index contributed by atoms with van der Waals surface area (Å²) in [6, 6.07) is 8.40. The molecule has 3 rings (SSSR count). The Morgan fingerprint density at radius 2 is 1.88 bits per heavy atom. The van der Waals surface area contributed by atoms with Crippen LogP contribution < -0.4 is 15.1 Å². The predicted molar refractivity (Wildman–Crippen MR) is 98.8 cm³/mol. The standard InChI is InChI=1S/C19H28ClN3O/c1-15-6-8-16(9-7-15)21-19(24)14-22-10-12-23(13-11-22)18-5-3-2-4-17(18)20/h2-5,15-16H,6-14H2,1H3,(H,21,24)/p+1. The molecule has 1 aromatic rings. The number of halogens is 1. The molecule has 0 atom stereocenters. The second-order valence-corrected chi connectivity index (χ2v) is 7.80. The number of amides is 1. The minimum absolute atomic E-state index is 0.218. The van der Waals surface area contributed by atoms with Gasteiger partial charge in [0.25, 0.3) is 5.91 Å². The summed E-state index contributed by atoms with van der Waals surface area (Å²) in [5.74, 6) is 1.04. The Morgan fingerprint density at radius 3 is 2.54 bits per heavy atom. The zero-order valence-electron chi connectivity index (χ0n) is 14.6. The summed E-state index contributed by atoms with van der Waals surface area (Å²) in [7, 11) is 0. The van der Waals surface area contributed by atoms with Gasteiger partial charge in [0, 0.05) is 6.04 Å². The molecule has 0 spiro atoms. The van der Waals surface area contributed by atoms with E-state index in [0.717, 1.165) is 55.6 Å². The Morgan fingerprint density at radius 1 is 1.21 bits per heavy atom. The van der Waals surface area contributed by atoms with Gasteiger partial charge in [0.2, 0.25) is 0 Å². The first kappa shape index (κ1) is 17.6. The zero-order chi connectivity index (χ0) is 16.9. The SMILES string of the molecule is CC1CCC(NC(=O)C[NH+]2CCN(c3ccccc3Cl)CC2)CC1. The normalized spacial score (nSPS) is 25.5. The van der Waals surface area contributed by atoms with E-state index in [4.69, 9.17) is 11.6 Å². The molecule has 2 N–H and O–H groups in total. The number of hydrogen-bond acceptors (Lipinski definition) is 2. The van der Waals surface area contributed by atoms with Crippen molar-refractivity contribution in [1.29, 1.82) is 0 Å². The van der Waals surface area contributed by atoms with Crippen LogP contribution in [0.2, 0.25) is 5.02 Å². The summed E-state index contributed by atoms with van der Waals surface area (Å²) < 4.78 is 0. The largest absolute Gasteiger partial charge is 0.359 e. The van der Waals surface area contributed by atoms with Gasteiger partial charge in [-0.3, -0.25) is 4.79 Å². The molecule has 5 heteroatoms. The van der Waals surface area contributed by atoms with Crippen LogP contribution in [0.15, 0.2) is 24.3 Å². The summed E-state index contributed by atoms with van der Waals surface area (Å²) in [5, 5.41) is 4.05. The van der Waals surface area contributed by atoms with Gasteiger partial charge in [0.15, 0.2) is 6.54 Å². The van der Waals surface area contributed by atoms with E-state index in [-0.39, 0.29) is 5.91 Å². The molecule has 2 aliphatic rings. The highest BCUT2D eigenvalue weighted by molar-refractivity contribution is 6.33. The van der Waals surface area contributed by atoms with Gasteiger partial charge in [-0.15, -0.1) is 0 Å². The van der Waals surface area contributed by atoms with Gasteiger partial charge in [0.1, 0.15) is 0 Å². The van der Waals surface area contributed by atoms with Gasteiger partial charge >= 0.3 is 0 Å². The summed E-state index contributed by atoms with van der Waals surface area (Å²) in [6.07, 6.45) is 4.77. The molecule has 1 aliphatic heterocycles. The fourth-order valence-electron chi connectivity index (χ4n) is 3.86. The van der Waals surface area contributed by atoms with Gasteiger partial charge in [-0.2, -0.15) is 0 Å². The summed E-state index contributed by atoms with van der Waals surface area (Å²) in [6.45, 7) is 6.78. The molecular formula is C19H29ClN3O+. The predicted octanol–water partition coefficient (Wildman–Crippen LogP) is 1.74. The van der Waals surface area contributed by atoms with Crippen LogP contribution in [0.25, 0.3) is 0 Å². The van der Waals surface area contributed by atoms with E-state index in [2.05, 4.69) is 23.2 Å². The van der Waals surface area contributed by atoms with Crippen molar-refractivity contribution in [2.24, 2.45) is 5.92 Å². The van der Waals surface area contributed by atoms with Crippen LogP contribution in [0.3, 0.4) is 0 Å². The first-order chi connectivity index (χ1) is 11.6. The zero-order valence-corrected chi connectivity index (χ0v) is 15.3. The fourth-order valence-corrected chi connectivity index (χ4v) is 4.11. The number of nitrogens with zero attached hydrogens (tertiary/aromatic N) is 1. The van der Waals surface area contributed by atoms with Crippen molar-refractivity contribution in [3.8, 4) is 0 Å². The molecule has 1 saturated carbocycles. The molecular weight excluding hydrogens is 322 g/mol. The highest BCUT2D eigenvalue weighted by atomic mass is 35.5. The van der Waals surface area contributed by atoms with Crippen molar-refractivity contribution < 1.29 is 9.69 Å². The maximum atomic E-state index is 12.3. The van der Waals surface area contributed by atoms with Crippen molar-refractivity contribution in [2.75, 3.05) is 37.6 Å². The second-order valence-electron chi connectivity index (χ2n) is 7.39. The lowest BCUT2D eigenvalue weighted by atomic mass is 9.87. The molecule has 4 nitrogen and oxygen atoms in total. The van der Waals surface area contributed by atoms with Crippen LogP contribution in [0.4, 0.5) is 5.69 Å². The Balaban J connectivity index is 1.42. The van der Waals surface area contributed by atoms with Crippen molar-refractivity contribution in [3.05, 3.63) is 29.3 Å². The van der Waals surface area contributed by atoms with E-state index >= 15 is 0 Å². The van der Waals surface area contributed by atoms with E-state index in [1.54, 1.807) is 0 Å². The summed E-state index contributed by atoms with van der Waals surface area (Å²) >= 11 is 6.28. The van der Waals surface area contributed by atoms with E-state index in [1.165, 1.54) is 17.7 Å². The molecule has 1 aliphatic carbocycles. The Bertz CT molecular complexity index is 549. The minimum Gasteiger partial charge on any atom is -0.359 e. The first-order valence-electron chi connectivity index (χ1n) is 9.24. The van der Waals surface area contributed by atoms with Gasteiger partial charge in [-0.05, 0) is 43.7 Å². The second kappa shape index (κ2) is 8.21. The average molecular weight is 351 g/mol. The number of para-hydroxylation sites is 1. The first-order valence-corrected chi connectivity index (χ1v) is 9.62. The smallest absolute Gasteiger partial charge is 0.275 e. The highest BCUT2D eigenvalue weighted by Crippen LogP contribution is 2.25. The third kappa shape index (κ3) is 4.64. The maximum absolute atomic E-state index is 12.3. The van der Waals surface area contributed by atoms with Gasteiger partial charge in [0.05, 0.1) is 36.9 Å². The number of benzene rings is 1. The average Bonchev–Trinajstić information content (AvgIpc) is 2.58. The molecule has 1 saturated heterocycles. The van der Waals surface area contributed by atoms with E-state index in [1.807, 2.05) is 18.2 Å². The van der Waals surface area contributed by atoms with Crippen LogP contribution in [0.1, 0.15) is 32.6 Å². The molecule has 1 amide bonds. The lowest BCUT2D eigenvalue weighted by Crippen LogP contribution is -3.16. The van der Waals surface area contributed by atoms with Gasteiger partial charge in [-0.25, -0.2) is 0 Å². The number of piperazine rings is 1. The maximum Gasteiger partial charge on any atom is 0.275 e. The molecule has 132 valence electrons. The monoisotopic (exact) mass is 350 g/mol. The van der Waals surface area contributed by atoms with Gasteiger partial charge in [-0.1, -0.05) is 30.7 Å². The van der Waals surface area contributed by atoms with E-state index in [9.17, 15) is 4.79 Å². The van der Waals surface area contributed by atoms with Crippen molar-refractivity contribution >= 4 is 23.2 Å². The topological polar surface area (TPSA) is 36.8 Å². The Labute approximate surface area is 150 Å². The number of quaternary nitrogens is 1. The van der Waals surface area contributed by atoms with Crippen LogP contribution in [0.5, 0.6) is 0 Å². The number of nitrogens with one attached hydrogen (secondary N) is 2. The van der Waals surface area contributed by atoms with Crippen LogP contribution in [-0.2, 0) is 4.79 Å². The molecule has 2 fully saturated rings. The van der Waals surface area contributed by atoms with Crippen LogP contribution >= 0.6 is 11.6 Å². The molecule has 24 heavy (non-hydrogen) atoms. The van der Waals surface area contributed by atoms with E-state index in [0.29, 0.717) is 12.6 Å². The lowest BCUT2D eigenvalue weighted by molar-refractivity contribution is -0.892. The molecule has 1 aromatic carbocycles. The van der Waals surface area contributed by atoms with Crippen molar-refractivity contribution in [1.82, 2.24) is 5.32 Å². The molecule has 0 unspecified atom stereocenters. The quantitative estimate of drug-likeness (QED) is 0.868. The van der Waals surface area contributed by atoms with Crippen LogP contribution in [-0.4, -0.2) is 44.7 Å². The highest BCUT2D eigenvalue weighted by Gasteiger charge is 2.25. The van der Waals surface area contributed by atoms with Crippen molar-refractivity contribution in [2.45, 2.75) is 38.6 Å². The number of carbonyl (C=O) groups is 1. The van der Waals surface area contributed by atoms with Crippen LogP contribution in [0, 0.1) is 5.92 Å². The molecule has 0 radical (unpaired) electrons. The van der Waals surface area contributed by atoms with Crippen molar-refractivity contribution in [3.63, 3.8) is 0 Å².